The lowest BCUT2D eigenvalue weighted by molar-refractivity contribution is 0.0458. The molecule has 0 aliphatic carbocycles. The highest BCUT2D eigenvalue weighted by Crippen LogP contribution is 2.20. The first-order chi connectivity index (χ1) is 8.33. The molecule has 0 aliphatic heterocycles. The molecule has 0 aromatic carbocycles. The van der Waals surface area contributed by atoms with Gasteiger partial charge in [0.2, 0.25) is 0 Å². The van der Waals surface area contributed by atoms with Crippen LogP contribution >= 0.6 is 0 Å². The summed E-state index contributed by atoms with van der Waals surface area (Å²) in [5.74, 6) is 0.839. The fourth-order valence-electron chi connectivity index (χ4n) is 1.76. The zero-order valence-corrected chi connectivity index (χ0v) is 10.8. The van der Waals surface area contributed by atoms with E-state index in [4.69, 9.17) is 10.5 Å². The molecule has 1 unspecified atom stereocenters. The van der Waals surface area contributed by atoms with Crippen LogP contribution in [0.3, 0.4) is 0 Å². The van der Waals surface area contributed by atoms with Crippen LogP contribution in [0.1, 0.15) is 51.5 Å². The fourth-order valence-corrected chi connectivity index (χ4v) is 1.76. The van der Waals surface area contributed by atoms with Crippen molar-refractivity contribution in [3.63, 3.8) is 0 Å². The van der Waals surface area contributed by atoms with Crippen molar-refractivity contribution in [1.29, 1.82) is 0 Å². The van der Waals surface area contributed by atoms with Gasteiger partial charge in [0.15, 0.2) is 5.82 Å². The molecule has 1 heterocycles. The largest absolute Gasteiger partial charge is 0.370 e. The molecule has 2 N–H and O–H groups in total. The van der Waals surface area contributed by atoms with E-state index in [1.165, 1.54) is 0 Å². The van der Waals surface area contributed by atoms with Gasteiger partial charge < -0.3 is 10.5 Å². The van der Waals surface area contributed by atoms with E-state index >= 15 is 0 Å². The van der Waals surface area contributed by atoms with Gasteiger partial charge in [-0.15, -0.1) is 5.10 Å². The van der Waals surface area contributed by atoms with E-state index in [0.717, 1.165) is 38.1 Å². The first-order valence-corrected chi connectivity index (χ1v) is 6.41. The van der Waals surface area contributed by atoms with E-state index < -0.39 is 0 Å². The predicted octanol–water partition coefficient (Wildman–Crippen LogP) is 1.29. The molecule has 98 valence electrons. The van der Waals surface area contributed by atoms with Gasteiger partial charge in [0.05, 0.1) is 0 Å². The van der Waals surface area contributed by atoms with Crippen LogP contribution in [-0.4, -0.2) is 33.4 Å². The summed E-state index contributed by atoms with van der Waals surface area (Å²) in [5.41, 5.74) is 5.48. The van der Waals surface area contributed by atoms with Crippen LogP contribution in [0.2, 0.25) is 0 Å². The Morgan fingerprint density at radius 3 is 2.82 bits per heavy atom. The molecular weight excluding hydrogens is 218 g/mol. The van der Waals surface area contributed by atoms with Crippen LogP contribution < -0.4 is 5.73 Å². The summed E-state index contributed by atoms with van der Waals surface area (Å²) in [7, 11) is 0. The van der Waals surface area contributed by atoms with E-state index in [1.807, 2.05) is 11.6 Å². The maximum Gasteiger partial charge on any atom is 0.180 e. The van der Waals surface area contributed by atoms with Crippen LogP contribution in [0, 0.1) is 0 Å². The molecular formula is C11H23N5O. The summed E-state index contributed by atoms with van der Waals surface area (Å²) >= 11 is 0. The molecule has 6 heteroatoms. The van der Waals surface area contributed by atoms with Crippen molar-refractivity contribution in [3.8, 4) is 0 Å². The van der Waals surface area contributed by atoms with Gasteiger partial charge in [0.1, 0.15) is 6.10 Å². The van der Waals surface area contributed by atoms with E-state index in [0.29, 0.717) is 13.2 Å². The van der Waals surface area contributed by atoms with Gasteiger partial charge in [-0.25, -0.2) is 4.68 Å². The fraction of sp³-hybridized carbons (Fsp3) is 0.909. The Balaban J connectivity index is 2.63. The summed E-state index contributed by atoms with van der Waals surface area (Å²) in [6.45, 7) is 6.33. The van der Waals surface area contributed by atoms with Crippen LogP contribution in [-0.2, 0) is 11.3 Å². The van der Waals surface area contributed by atoms with Gasteiger partial charge in [0, 0.05) is 13.2 Å². The Hall–Kier alpha value is -1.01. The second-order valence-corrected chi connectivity index (χ2v) is 3.99. The van der Waals surface area contributed by atoms with Gasteiger partial charge in [-0.2, -0.15) is 0 Å². The van der Waals surface area contributed by atoms with Crippen LogP contribution in [0.4, 0.5) is 0 Å². The Labute approximate surface area is 103 Å². The summed E-state index contributed by atoms with van der Waals surface area (Å²) in [4.78, 5) is 0. The molecule has 1 rings (SSSR count). The SMILES string of the molecule is CCCC(OCC)c1nnnn1CCCCN. The lowest BCUT2D eigenvalue weighted by Crippen LogP contribution is -2.14. The smallest absolute Gasteiger partial charge is 0.180 e. The highest BCUT2D eigenvalue weighted by atomic mass is 16.5. The zero-order valence-electron chi connectivity index (χ0n) is 10.8. The molecule has 0 amide bonds. The molecule has 0 spiro atoms. The zero-order chi connectivity index (χ0) is 12.5. The van der Waals surface area contributed by atoms with Crippen LogP contribution in [0.25, 0.3) is 0 Å². The second-order valence-electron chi connectivity index (χ2n) is 3.99. The summed E-state index contributed by atoms with van der Waals surface area (Å²) in [6, 6.07) is 0. The summed E-state index contributed by atoms with van der Waals surface area (Å²) < 4.78 is 7.52. The molecule has 0 fully saturated rings. The number of tetrazole rings is 1. The summed E-state index contributed by atoms with van der Waals surface area (Å²) in [5, 5.41) is 11.8. The third-order valence-electron chi connectivity index (χ3n) is 2.59. The monoisotopic (exact) mass is 241 g/mol. The van der Waals surface area contributed by atoms with E-state index in [9.17, 15) is 0 Å². The second kappa shape index (κ2) is 8.14. The number of nitrogens with zero attached hydrogens (tertiary/aromatic N) is 4. The van der Waals surface area contributed by atoms with Crippen molar-refractivity contribution in [3.05, 3.63) is 5.82 Å². The first-order valence-electron chi connectivity index (χ1n) is 6.41. The average Bonchev–Trinajstić information content (AvgIpc) is 2.77. The molecule has 0 radical (unpaired) electrons. The molecule has 0 bridgehead atoms. The molecule has 1 aromatic heterocycles. The van der Waals surface area contributed by atoms with Gasteiger partial charge in [-0.05, 0) is 43.2 Å². The maximum atomic E-state index is 5.69. The average molecular weight is 241 g/mol. The lowest BCUT2D eigenvalue weighted by atomic mass is 10.2. The van der Waals surface area contributed by atoms with E-state index in [2.05, 4.69) is 22.4 Å². The molecule has 17 heavy (non-hydrogen) atoms. The number of unbranched alkanes of at least 4 members (excludes halogenated alkanes) is 1. The van der Waals surface area contributed by atoms with Crippen molar-refractivity contribution >= 4 is 0 Å². The highest BCUT2D eigenvalue weighted by Gasteiger charge is 2.18. The molecule has 1 atom stereocenters. The van der Waals surface area contributed by atoms with Gasteiger partial charge >= 0.3 is 0 Å². The standard InChI is InChI=1S/C11H23N5O/c1-3-7-10(17-4-2)11-13-14-15-16(11)9-6-5-8-12/h10H,3-9,12H2,1-2H3. The van der Waals surface area contributed by atoms with Gasteiger partial charge in [0.25, 0.3) is 0 Å². The maximum absolute atomic E-state index is 5.69. The minimum absolute atomic E-state index is 0.0119. The number of ether oxygens (including phenoxy) is 1. The van der Waals surface area contributed by atoms with E-state index in [-0.39, 0.29) is 6.10 Å². The van der Waals surface area contributed by atoms with Crippen molar-refractivity contribution < 1.29 is 4.74 Å². The normalized spacial score (nSPS) is 12.9. The highest BCUT2D eigenvalue weighted by molar-refractivity contribution is 4.88. The summed E-state index contributed by atoms with van der Waals surface area (Å²) in [6.07, 6.45) is 4.01. The Kier molecular flexibility index (Phi) is 6.73. The minimum atomic E-state index is 0.0119. The molecule has 0 aliphatic rings. The van der Waals surface area contributed by atoms with Crippen molar-refractivity contribution in [2.24, 2.45) is 5.73 Å². The number of hydrogen-bond acceptors (Lipinski definition) is 5. The number of hydrogen-bond donors (Lipinski definition) is 1. The Morgan fingerprint density at radius 2 is 2.18 bits per heavy atom. The quantitative estimate of drug-likeness (QED) is 0.659. The van der Waals surface area contributed by atoms with Crippen LogP contribution in [0.15, 0.2) is 0 Å². The number of rotatable bonds is 9. The van der Waals surface area contributed by atoms with E-state index in [1.54, 1.807) is 0 Å². The third-order valence-corrected chi connectivity index (χ3v) is 2.59. The topological polar surface area (TPSA) is 78.9 Å². The number of nitrogens with two attached hydrogens (primary N) is 1. The lowest BCUT2D eigenvalue weighted by Gasteiger charge is -2.15. The molecule has 1 aromatic rings. The minimum Gasteiger partial charge on any atom is -0.370 e. The molecule has 6 nitrogen and oxygen atoms in total. The molecule has 0 saturated heterocycles. The Bertz CT molecular complexity index is 296. The predicted molar refractivity (Wildman–Crippen MR) is 65.4 cm³/mol. The van der Waals surface area contributed by atoms with Crippen molar-refractivity contribution in [1.82, 2.24) is 20.2 Å². The molecule has 0 saturated carbocycles. The number of aryl methyl sites for hydroxylation is 1. The first kappa shape index (κ1) is 14.1. The van der Waals surface area contributed by atoms with Gasteiger partial charge in [-0.1, -0.05) is 13.3 Å². The number of aromatic nitrogens is 4. The van der Waals surface area contributed by atoms with Crippen LogP contribution in [0.5, 0.6) is 0 Å². The van der Waals surface area contributed by atoms with Gasteiger partial charge in [-0.3, -0.25) is 0 Å². The van der Waals surface area contributed by atoms with Crippen molar-refractivity contribution in [2.75, 3.05) is 13.2 Å². The third kappa shape index (κ3) is 4.40. The Morgan fingerprint density at radius 1 is 1.35 bits per heavy atom. The van der Waals surface area contributed by atoms with Crippen molar-refractivity contribution in [2.45, 2.75) is 52.2 Å².